The molecule has 37 heavy (non-hydrogen) atoms. The molecule has 0 saturated carbocycles. The van der Waals surface area contributed by atoms with Crippen LogP contribution in [0.2, 0.25) is 0 Å². The first-order valence-electron chi connectivity index (χ1n) is 12.8. The largest absolute Gasteiger partial charge is 0.444 e. The van der Waals surface area contributed by atoms with Gasteiger partial charge in [-0.05, 0) is 75.1 Å². The normalized spacial score (nSPS) is 11.5. The predicted octanol–water partition coefficient (Wildman–Crippen LogP) is 6.51. The molecule has 7 heteroatoms. The van der Waals surface area contributed by atoms with Gasteiger partial charge in [0, 0.05) is 28.4 Å². The Hall–Kier alpha value is -3.19. The fraction of sp³-hybridized carbons (Fsp3) is 0.433. The molecular weight excluding hydrogens is 482 g/mol. The number of benzene rings is 1. The first-order valence-corrected chi connectivity index (χ1v) is 13.6. The summed E-state index contributed by atoms with van der Waals surface area (Å²) in [6.45, 7) is 14.6. The zero-order valence-electron chi connectivity index (χ0n) is 23.0. The van der Waals surface area contributed by atoms with Crippen LogP contribution in [0, 0.1) is 19.8 Å². The molecular formula is C30H39N3O3S. The highest BCUT2D eigenvalue weighted by Crippen LogP contribution is 2.33. The third-order valence-electron chi connectivity index (χ3n) is 5.82. The summed E-state index contributed by atoms with van der Waals surface area (Å²) in [5.41, 5.74) is 6.09. The molecule has 0 aliphatic heterocycles. The van der Waals surface area contributed by atoms with Crippen LogP contribution in [-0.4, -0.2) is 22.6 Å². The van der Waals surface area contributed by atoms with Crippen LogP contribution in [0.4, 0.5) is 4.79 Å². The van der Waals surface area contributed by atoms with Gasteiger partial charge in [0.2, 0.25) is 5.91 Å². The minimum absolute atomic E-state index is 0.0608. The second-order valence-electron chi connectivity index (χ2n) is 10.8. The van der Waals surface area contributed by atoms with E-state index in [1.54, 1.807) is 11.3 Å². The summed E-state index contributed by atoms with van der Waals surface area (Å²) < 4.78 is 5.49. The molecule has 2 amide bonds. The number of ether oxygens (including phenoxy) is 1. The zero-order valence-corrected chi connectivity index (χ0v) is 23.8. The number of pyridine rings is 1. The average molecular weight is 522 g/mol. The van der Waals surface area contributed by atoms with Crippen molar-refractivity contribution in [2.24, 2.45) is 5.92 Å². The summed E-state index contributed by atoms with van der Waals surface area (Å²) in [6.07, 6.45) is 0.485. The molecule has 0 atom stereocenters. The van der Waals surface area contributed by atoms with Gasteiger partial charge >= 0.3 is 6.09 Å². The monoisotopic (exact) mass is 521 g/mol. The third kappa shape index (κ3) is 8.42. The number of alkyl carbamates (subject to hydrolysis) is 1. The van der Waals surface area contributed by atoms with Crippen molar-refractivity contribution in [2.45, 2.75) is 80.0 Å². The fourth-order valence-corrected chi connectivity index (χ4v) is 4.82. The topological polar surface area (TPSA) is 80.3 Å². The summed E-state index contributed by atoms with van der Waals surface area (Å²) in [4.78, 5) is 31.7. The quantitative estimate of drug-likeness (QED) is 0.336. The van der Waals surface area contributed by atoms with Crippen LogP contribution >= 0.6 is 11.3 Å². The predicted molar refractivity (Wildman–Crippen MR) is 151 cm³/mol. The maximum absolute atomic E-state index is 13.1. The molecule has 0 bridgehead atoms. The van der Waals surface area contributed by atoms with Gasteiger partial charge in [0.05, 0.1) is 13.0 Å². The summed E-state index contributed by atoms with van der Waals surface area (Å²) >= 11 is 1.62. The Morgan fingerprint density at radius 2 is 1.70 bits per heavy atom. The Kier molecular flexibility index (Phi) is 9.49. The minimum Gasteiger partial charge on any atom is -0.444 e. The zero-order chi connectivity index (χ0) is 27.2. The lowest BCUT2D eigenvalue weighted by atomic mass is 9.88. The molecule has 0 fully saturated rings. The number of amides is 2. The van der Waals surface area contributed by atoms with Gasteiger partial charge in [-0.3, -0.25) is 9.78 Å². The van der Waals surface area contributed by atoms with Gasteiger partial charge in [-0.1, -0.05) is 49.7 Å². The van der Waals surface area contributed by atoms with Crippen molar-refractivity contribution < 1.29 is 14.3 Å². The first-order chi connectivity index (χ1) is 17.4. The van der Waals surface area contributed by atoms with Crippen LogP contribution in [0.1, 0.15) is 67.6 Å². The van der Waals surface area contributed by atoms with E-state index >= 15 is 0 Å². The second-order valence-corrected chi connectivity index (χ2v) is 11.9. The third-order valence-corrected chi connectivity index (χ3v) is 6.70. The second kappa shape index (κ2) is 12.4. The molecule has 6 nitrogen and oxygen atoms in total. The number of thiophene rings is 1. The van der Waals surface area contributed by atoms with Gasteiger partial charge in [-0.15, -0.1) is 11.3 Å². The van der Waals surface area contributed by atoms with Crippen LogP contribution in [0.5, 0.6) is 0 Å². The minimum atomic E-state index is -0.595. The van der Waals surface area contributed by atoms with E-state index in [1.807, 2.05) is 45.2 Å². The van der Waals surface area contributed by atoms with Gasteiger partial charge in [0.25, 0.3) is 0 Å². The lowest BCUT2D eigenvalue weighted by Gasteiger charge is -2.23. The molecule has 0 unspecified atom stereocenters. The van der Waals surface area contributed by atoms with E-state index in [4.69, 9.17) is 9.72 Å². The van der Waals surface area contributed by atoms with Crippen LogP contribution in [0.3, 0.4) is 0 Å². The van der Waals surface area contributed by atoms with Crippen molar-refractivity contribution in [1.82, 2.24) is 15.6 Å². The molecule has 0 aliphatic carbocycles. The van der Waals surface area contributed by atoms with Gasteiger partial charge in [-0.2, -0.15) is 0 Å². The van der Waals surface area contributed by atoms with Crippen molar-refractivity contribution in [3.63, 3.8) is 0 Å². The number of nitrogens with one attached hydrogen (secondary N) is 2. The van der Waals surface area contributed by atoms with E-state index in [0.717, 1.165) is 50.5 Å². The van der Waals surface area contributed by atoms with Crippen molar-refractivity contribution in [2.75, 3.05) is 0 Å². The van der Waals surface area contributed by atoms with E-state index in [1.165, 1.54) is 0 Å². The van der Waals surface area contributed by atoms with Crippen LogP contribution in [0.15, 0.2) is 41.8 Å². The molecule has 0 saturated heterocycles. The first kappa shape index (κ1) is 28.4. The van der Waals surface area contributed by atoms with E-state index in [-0.39, 0.29) is 18.9 Å². The number of aromatic nitrogens is 1. The van der Waals surface area contributed by atoms with E-state index in [9.17, 15) is 9.59 Å². The summed E-state index contributed by atoms with van der Waals surface area (Å²) in [7, 11) is 0. The fourth-order valence-electron chi connectivity index (χ4n) is 4.17. The summed E-state index contributed by atoms with van der Waals surface area (Å²) in [5, 5.41) is 7.98. The van der Waals surface area contributed by atoms with Gasteiger partial charge in [-0.25, -0.2) is 4.79 Å². The maximum Gasteiger partial charge on any atom is 0.407 e. The van der Waals surface area contributed by atoms with Gasteiger partial charge in [0.15, 0.2) is 0 Å². The highest BCUT2D eigenvalue weighted by molar-refractivity contribution is 7.09. The molecule has 3 rings (SSSR count). The van der Waals surface area contributed by atoms with E-state index in [2.05, 4.69) is 55.7 Å². The van der Waals surface area contributed by atoms with Crippen LogP contribution < -0.4 is 10.6 Å². The number of rotatable bonds is 9. The molecule has 2 N–H and O–H groups in total. The van der Waals surface area contributed by atoms with Gasteiger partial charge < -0.3 is 15.4 Å². The highest BCUT2D eigenvalue weighted by Gasteiger charge is 2.23. The Bertz CT molecular complexity index is 1210. The van der Waals surface area contributed by atoms with E-state index in [0.29, 0.717) is 12.5 Å². The molecule has 0 aliphatic rings. The summed E-state index contributed by atoms with van der Waals surface area (Å²) in [5.74, 6) is 0.312. The van der Waals surface area contributed by atoms with Crippen molar-refractivity contribution >= 4 is 23.3 Å². The van der Waals surface area contributed by atoms with Crippen LogP contribution in [-0.2, 0) is 35.5 Å². The van der Waals surface area contributed by atoms with E-state index < -0.39 is 11.7 Å². The van der Waals surface area contributed by atoms with Crippen molar-refractivity contribution in [3.05, 3.63) is 74.7 Å². The molecule has 0 radical (unpaired) electrons. The number of carbonyl (C=O) groups is 2. The smallest absolute Gasteiger partial charge is 0.407 e. The number of hydrogen-bond donors (Lipinski definition) is 2. The number of hydrogen-bond acceptors (Lipinski definition) is 5. The molecule has 0 spiro atoms. The number of carbonyl (C=O) groups excluding carboxylic acids is 2. The lowest BCUT2D eigenvalue weighted by molar-refractivity contribution is -0.120. The Balaban J connectivity index is 2.04. The molecule has 2 aromatic heterocycles. The standard InChI is InChI=1S/C30H39N3O3S/c1-19(2)15-26-25(18-32-29(35)36-30(5,6)7)28(22-12-10-20(3)11-13-22)24(21(4)33-26)16-27(34)31-17-23-9-8-14-37-23/h8-14,19H,15-18H2,1-7H3,(H,31,34)(H,32,35). The van der Waals surface area contributed by atoms with Crippen molar-refractivity contribution in [1.29, 1.82) is 0 Å². The highest BCUT2D eigenvalue weighted by atomic mass is 32.1. The van der Waals surface area contributed by atoms with Crippen molar-refractivity contribution in [3.8, 4) is 11.1 Å². The number of nitrogens with zero attached hydrogens (tertiary/aromatic N) is 1. The Morgan fingerprint density at radius 1 is 1.00 bits per heavy atom. The molecule has 198 valence electrons. The SMILES string of the molecule is Cc1ccc(-c2c(CC(=O)NCc3cccs3)c(C)nc(CC(C)C)c2CNC(=O)OC(C)(C)C)cc1. The molecule has 2 heterocycles. The van der Waals surface area contributed by atoms with Gasteiger partial charge in [0.1, 0.15) is 5.60 Å². The summed E-state index contributed by atoms with van der Waals surface area (Å²) in [6, 6.07) is 12.3. The Morgan fingerprint density at radius 3 is 2.30 bits per heavy atom. The average Bonchev–Trinajstić information content (AvgIpc) is 3.31. The Labute approximate surface area is 224 Å². The lowest BCUT2D eigenvalue weighted by Crippen LogP contribution is -2.33. The molecule has 3 aromatic rings. The molecule has 1 aromatic carbocycles. The maximum atomic E-state index is 13.1. The number of aryl methyl sites for hydroxylation is 2. The van der Waals surface area contributed by atoms with Crippen LogP contribution in [0.25, 0.3) is 11.1 Å².